The van der Waals surface area contributed by atoms with E-state index in [9.17, 15) is 14.0 Å². The van der Waals surface area contributed by atoms with Gasteiger partial charge >= 0.3 is 0 Å². The lowest BCUT2D eigenvalue weighted by Crippen LogP contribution is -2.28. The summed E-state index contributed by atoms with van der Waals surface area (Å²) in [7, 11) is 3.32. The quantitative estimate of drug-likeness (QED) is 0.472. The fraction of sp³-hybridized carbons (Fsp3) is 0.200. The van der Waals surface area contributed by atoms with Crippen molar-refractivity contribution >= 4 is 34.3 Å². The number of halogens is 1. The van der Waals surface area contributed by atoms with Crippen LogP contribution < -0.4 is 5.56 Å². The highest BCUT2D eigenvalue weighted by atomic mass is 32.2. The van der Waals surface area contributed by atoms with Crippen LogP contribution in [0.3, 0.4) is 0 Å². The molecule has 9 heteroatoms. The van der Waals surface area contributed by atoms with Crippen molar-refractivity contribution in [2.45, 2.75) is 11.7 Å². The number of hydrogen-bond acceptors (Lipinski definition) is 5. The van der Waals surface area contributed by atoms with Crippen LogP contribution in [0, 0.1) is 5.82 Å². The highest BCUT2D eigenvalue weighted by molar-refractivity contribution is 7.99. The molecule has 4 aromatic rings. The van der Waals surface area contributed by atoms with E-state index in [0.29, 0.717) is 28.4 Å². The van der Waals surface area contributed by atoms with Crippen LogP contribution in [-0.2, 0) is 18.4 Å². The highest BCUT2D eigenvalue weighted by Gasteiger charge is 2.17. The molecule has 7 nitrogen and oxygen atoms in total. The SMILES string of the molecule is CN(Cc1cccc(F)c1)C(=O)CSc1nnc2n(C)c(=O)c3ccccc3n12. The third-order valence-electron chi connectivity index (χ3n) is 4.66. The van der Waals surface area contributed by atoms with Gasteiger partial charge < -0.3 is 4.90 Å². The average Bonchev–Trinajstić information content (AvgIpc) is 3.14. The molecule has 0 aliphatic rings. The van der Waals surface area contributed by atoms with Crippen LogP contribution in [0.25, 0.3) is 16.7 Å². The maximum absolute atomic E-state index is 13.3. The Morgan fingerprint density at radius 1 is 1.17 bits per heavy atom. The molecule has 0 fully saturated rings. The van der Waals surface area contributed by atoms with E-state index in [0.717, 1.165) is 5.56 Å². The Balaban J connectivity index is 1.57. The van der Waals surface area contributed by atoms with Crippen molar-refractivity contribution in [1.29, 1.82) is 0 Å². The Kier molecular flexibility index (Phi) is 5.06. The molecule has 0 atom stereocenters. The molecule has 29 heavy (non-hydrogen) atoms. The zero-order valence-electron chi connectivity index (χ0n) is 15.9. The number of aryl methyl sites for hydroxylation is 1. The molecule has 0 aliphatic heterocycles. The summed E-state index contributed by atoms with van der Waals surface area (Å²) in [4.78, 5) is 26.6. The van der Waals surface area contributed by atoms with Crippen molar-refractivity contribution in [3.05, 3.63) is 70.3 Å². The second-order valence-electron chi connectivity index (χ2n) is 6.67. The summed E-state index contributed by atoms with van der Waals surface area (Å²) in [5.41, 5.74) is 1.27. The number of carbonyl (C=O) groups is 1. The number of rotatable bonds is 5. The van der Waals surface area contributed by atoms with E-state index in [-0.39, 0.29) is 23.0 Å². The topological polar surface area (TPSA) is 72.5 Å². The molecule has 2 heterocycles. The normalized spacial score (nSPS) is 11.3. The molecule has 2 aromatic carbocycles. The predicted octanol–water partition coefficient (Wildman–Crippen LogP) is 2.47. The molecular formula is C20H18FN5O2S. The lowest BCUT2D eigenvalue weighted by molar-refractivity contribution is -0.127. The standard InChI is InChI=1S/C20H18FN5O2S/c1-24(11-13-6-5-7-14(21)10-13)17(27)12-29-20-23-22-19-25(2)18(28)15-8-3-4-9-16(15)26(19)20/h3-10H,11-12H2,1-2H3. The van der Waals surface area contributed by atoms with Gasteiger partial charge in [0.05, 0.1) is 16.7 Å². The van der Waals surface area contributed by atoms with Crippen molar-refractivity contribution in [3.8, 4) is 0 Å². The van der Waals surface area contributed by atoms with Crippen LogP contribution in [0.5, 0.6) is 0 Å². The van der Waals surface area contributed by atoms with Crippen LogP contribution in [0.2, 0.25) is 0 Å². The number of hydrogen-bond donors (Lipinski definition) is 0. The van der Waals surface area contributed by atoms with E-state index in [2.05, 4.69) is 10.2 Å². The highest BCUT2D eigenvalue weighted by Crippen LogP contribution is 2.21. The van der Waals surface area contributed by atoms with Gasteiger partial charge in [0.15, 0.2) is 5.16 Å². The summed E-state index contributed by atoms with van der Waals surface area (Å²) < 4.78 is 16.6. The van der Waals surface area contributed by atoms with Crippen LogP contribution >= 0.6 is 11.8 Å². The number of thioether (sulfide) groups is 1. The maximum atomic E-state index is 13.3. The van der Waals surface area contributed by atoms with Gasteiger partial charge in [-0.15, -0.1) is 10.2 Å². The molecular weight excluding hydrogens is 393 g/mol. The molecule has 0 saturated heterocycles. The van der Waals surface area contributed by atoms with Gasteiger partial charge in [0, 0.05) is 20.6 Å². The predicted molar refractivity (Wildman–Crippen MR) is 109 cm³/mol. The monoisotopic (exact) mass is 411 g/mol. The van der Waals surface area contributed by atoms with Crippen LogP contribution in [0.1, 0.15) is 5.56 Å². The van der Waals surface area contributed by atoms with Gasteiger partial charge in [-0.05, 0) is 29.8 Å². The first-order valence-electron chi connectivity index (χ1n) is 8.90. The Morgan fingerprint density at radius 3 is 2.76 bits per heavy atom. The molecule has 0 N–H and O–H groups in total. The zero-order valence-corrected chi connectivity index (χ0v) is 16.7. The first-order chi connectivity index (χ1) is 14.0. The van der Waals surface area contributed by atoms with Crippen LogP contribution in [0.15, 0.2) is 58.5 Å². The lowest BCUT2D eigenvalue weighted by Gasteiger charge is -2.17. The van der Waals surface area contributed by atoms with Crippen molar-refractivity contribution in [3.63, 3.8) is 0 Å². The van der Waals surface area contributed by atoms with E-state index < -0.39 is 0 Å². The largest absolute Gasteiger partial charge is 0.341 e. The smallest absolute Gasteiger partial charge is 0.262 e. The van der Waals surface area contributed by atoms with Gasteiger partial charge in [-0.1, -0.05) is 36.0 Å². The molecule has 0 spiro atoms. The molecule has 0 aliphatic carbocycles. The molecule has 1 amide bonds. The molecule has 0 unspecified atom stereocenters. The minimum absolute atomic E-state index is 0.120. The van der Waals surface area contributed by atoms with E-state index in [1.54, 1.807) is 47.7 Å². The number of fused-ring (bicyclic) bond motifs is 3. The molecule has 0 radical (unpaired) electrons. The van der Waals surface area contributed by atoms with Gasteiger partial charge in [0.25, 0.3) is 5.56 Å². The van der Waals surface area contributed by atoms with Crippen LogP contribution in [-0.4, -0.2) is 42.8 Å². The minimum atomic E-state index is -0.329. The van der Waals surface area contributed by atoms with Crippen molar-refractivity contribution in [1.82, 2.24) is 24.1 Å². The second-order valence-corrected chi connectivity index (χ2v) is 7.61. The van der Waals surface area contributed by atoms with Gasteiger partial charge in [-0.3, -0.25) is 18.6 Å². The number of para-hydroxylation sites is 1. The third kappa shape index (κ3) is 3.61. The number of amides is 1. The molecule has 2 aromatic heterocycles. The summed E-state index contributed by atoms with van der Waals surface area (Å²) in [6.45, 7) is 0.315. The number of benzene rings is 2. The Bertz CT molecular complexity index is 1280. The summed E-state index contributed by atoms with van der Waals surface area (Å²) in [6, 6.07) is 13.4. The summed E-state index contributed by atoms with van der Waals surface area (Å²) in [6.07, 6.45) is 0. The van der Waals surface area contributed by atoms with Gasteiger partial charge in [-0.25, -0.2) is 4.39 Å². The number of aromatic nitrogens is 4. The Morgan fingerprint density at radius 2 is 1.97 bits per heavy atom. The van der Waals surface area contributed by atoms with E-state index in [4.69, 9.17) is 0 Å². The van der Waals surface area contributed by atoms with Crippen molar-refractivity contribution in [2.24, 2.45) is 7.05 Å². The molecule has 0 saturated carbocycles. The first-order valence-corrected chi connectivity index (χ1v) is 9.88. The maximum Gasteiger partial charge on any atom is 0.262 e. The Hall–Kier alpha value is -3.20. The van der Waals surface area contributed by atoms with Gasteiger partial charge in [0.1, 0.15) is 5.82 Å². The van der Waals surface area contributed by atoms with Gasteiger partial charge in [-0.2, -0.15) is 0 Å². The van der Waals surface area contributed by atoms with Gasteiger partial charge in [0.2, 0.25) is 11.7 Å². The molecule has 148 valence electrons. The average molecular weight is 411 g/mol. The van der Waals surface area contributed by atoms with Crippen molar-refractivity contribution in [2.75, 3.05) is 12.8 Å². The Labute approximate surface area is 169 Å². The van der Waals surface area contributed by atoms with E-state index in [1.807, 2.05) is 12.1 Å². The molecule has 4 rings (SSSR count). The van der Waals surface area contributed by atoms with Crippen molar-refractivity contribution < 1.29 is 9.18 Å². The summed E-state index contributed by atoms with van der Waals surface area (Å²) >= 11 is 1.24. The minimum Gasteiger partial charge on any atom is -0.341 e. The fourth-order valence-electron chi connectivity index (χ4n) is 3.14. The first kappa shape index (κ1) is 19.1. The van der Waals surface area contributed by atoms with Crippen LogP contribution in [0.4, 0.5) is 4.39 Å². The second kappa shape index (κ2) is 7.67. The molecule has 0 bridgehead atoms. The number of nitrogens with zero attached hydrogens (tertiary/aromatic N) is 5. The van der Waals surface area contributed by atoms with E-state index >= 15 is 0 Å². The zero-order chi connectivity index (χ0) is 20.5. The summed E-state index contributed by atoms with van der Waals surface area (Å²) in [5.74, 6) is 0.107. The van der Waals surface area contributed by atoms with E-state index in [1.165, 1.54) is 28.5 Å². The third-order valence-corrected chi connectivity index (χ3v) is 5.57. The lowest BCUT2D eigenvalue weighted by atomic mass is 10.2. The summed E-state index contributed by atoms with van der Waals surface area (Å²) in [5, 5.41) is 9.37. The fourth-order valence-corrected chi connectivity index (χ4v) is 4.02. The number of carbonyl (C=O) groups excluding carboxylic acids is 1.